The lowest BCUT2D eigenvalue weighted by Crippen LogP contribution is -2.30. The Morgan fingerprint density at radius 1 is 1.30 bits per heavy atom. The van der Waals surface area contributed by atoms with E-state index in [0.29, 0.717) is 11.3 Å². The van der Waals surface area contributed by atoms with Gasteiger partial charge in [0.05, 0.1) is 19.3 Å². The van der Waals surface area contributed by atoms with Crippen LogP contribution in [0.2, 0.25) is 0 Å². The Bertz CT molecular complexity index is 607. The van der Waals surface area contributed by atoms with E-state index in [4.69, 9.17) is 10.5 Å². The van der Waals surface area contributed by atoms with Crippen LogP contribution in [0.25, 0.3) is 0 Å². The third-order valence-corrected chi connectivity index (χ3v) is 5.25. The monoisotopic (exact) mass is 302 g/mol. The number of aryl methyl sites for hydroxylation is 1. The minimum absolute atomic E-state index is 0.0654. The van der Waals surface area contributed by atoms with Crippen LogP contribution < -0.4 is 10.5 Å². The molecule has 1 aromatic carbocycles. The van der Waals surface area contributed by atoms with Crippen LogP contribution in [0.3, 0.4) is 0 Å². The summed E-state index contributed by atoms with van der Waals surface area (Å²) in [5, 5.41) is 19.0. The Labute approximate surface area is 117 Å². The fourth-order valence-electron chi connectivity index (χ4n) is 2.11. The molecule has 0 saturated carbocycles. The van der Waals surface area contributed by atoms with E-state index in [0.717, 1.165) is 4.31 Å². The molecule has 0 radical (unpaired) electrons. The van der Waals surface area contributed by atoms with Crippen molar-refractivity contribution in [1.82, 2.24) is 4.31 Å². The number of rotatable bonds is 3. The zero-order chi connectivity index (χ0) is 15.1. The summed E-state index contributed by atoms with van der Waals surface area (Å²) in [6.45, 7) is 1.44. The second-order valence-corrected chi connectivity index (χ2v) is 6.72. The van der Waals surface area contributed by atoms with Crippen LogP contribution in [-0.4, -0.2) is 55.3 Å². The van der Waals surface area contributed by atoms with Crippen molar-refractivity contribution in [1.29, 1.82) is 0 Å². The minimum atomic E-state index is -3.88. The summed E-state index contributed by atoms with van der Waals surface area (Å²) >= 11 is 0. The van der Waals surface area contributed by atoms with Crippen molar-refractivity contribution in [3.63, 3.8) is 0 Å². The van der Waals surface area contributed by atoms with Crippen LogP contribution >= 0.6 is 0 Å². The van der Waals surface area contributed by atoms with E-state index in [1.54, 1.807) is 13.0 Å². The molecule has 1 aliphatic heterocycles. The molecule has 2 rings (SSSR count). The number of nitrogens with zero attached hydrogens (tertiary/aromatic N) is 1. The topological polar surface area (TPSA) is 113 Å². The highest BCUT2D eigenvalue weighted by Crippen LogP contribution is 2.32. The third-order valence-electron chi connectivity index (χ3n) is 3.40. The fourth-order valence-corrected chi connectivity index (χ4v) is 3.76. The van der Waals surface area contributed by atoms with E-state index in [-0.39, 0.29) is 23.7 Å². The smallest absolute Gasteiger partial charge is 0.247 e. The largest absolute Gasteiger partial charge is 0.495 e. The average molecular weight is 302 g/mol. The summed E-state index contributed by atoms with van der Waals surface area (Å²) in [6.07, 6.45) is -2.17. The molecular formula is C12H18N2O5S. The van der Waals surface area contributed by atoms with Gasteiger partial charge in [0.2, 0.25) is 10.0 Å². The van der Waals surface area contributed by atoms with Gasteiger partial charge in [-0.05, 0) is 24.6 Å². The summed E-state index contributed by atoms with van der Waals surface area (Å²) < 4.78 is 31.2. The number of anilines is 1. The van der Waals surface area contributed by atoms with Crippen LogP contribution in [0, 0.1) is 6.92 Å². The Balaban J connectivity index is 2.47. The molecule has 1 aliphatic rings. The molecule has 20 heavy (non-hydrogen) atoms. The van der Waals surface area contributed by atoms with Crippen LogP contribution in [0.15, 0.2) is 17.0 Å². The van der Waals surface area contributed by atoms with Crippen molar-refractivity contribution in [2.75, 3.05) is 25.9 Å². The Morgan fingerprint density at radius 2 is 1.85 bits per heavy atom. The van der Waals surface area contributed by atoms with Crippen LogP contribution in [0.1, 0.15) is 5.56 Å². The molecule has 1 aromatic rings. The van der Waals surface area contributed by atoms with Gasteiger partial charge in [0, 0.05) is 18.8 Å². The van der Waals surface area contributed by atoms with Crippen molar-refractivity contribution in [2.24, 2.45) is 0 Å². The maximum absolute atomic E-state index is 12.5. The predicted octanol–water partition coefficient (Wildman–Crippen LogP) is -0.688. The Hall–Kier alpha value is -1.35. The zero-order valence-electron chi connectivity index (χ0n) is 11.3. The summed E-state index contributed by atoms with van der Waals surface area (Å²) in [5.41, 5.74) is 6.81. The predicted molar refractivity (Wildman–Crippen MR) is 72.9 cm³/mol. The second-order valence-electron chi connectivity index (χ2n) is 4.82. The molecule has 2 unspecified atom stereocenters. The molecule has 2 atom stereocenters. The van der Waals surface area contributed by atoms with Gasteiger partial charge in [0.25, 0.3) is 0 Å². The summed E-state index contributed by atoms with van der Waals surface area (Å²) in [7, 11) is -2.51. The van der Waals surface area contributed by atoms with Crippen LogP contribution in [-0.2, 0) is 10.0 Å². The third kappa shape index (κ3) is 2.47. The van der Waals surface area contributed by atoms with Crippen molar-refractivity contribution < 1.29 is 23.4 Å². The molecule has 7 nitrogen and oxygen atoms in total. The van der Waals surface area contributed by atoms with E-state index in [1.165, 1.54) is 13.2 Å². The van der Waals surface area contributed by atoms with Crippen LogP contribution in [0.5, 0.6) is 5.75 Å². The maximum Gasteiger partial charge on any atom is 0.247 e. The van der Waals surface area contributed by atoms with Crippen molar-refractivity contribution in [2.45, 2.75) is 24.0 Å². The molecule has 1 saturated heterocycles. The van der Waals surface area contributed by atoms with Gasteiger partial charge in [-0.1, -0.05) is 0 Å². The number of β-amino-alcohol motifs (C(OH)–C–C–N with tert-alkyl or cyclic N) is 2. The first-order chi connectivity index (χ1) is 9.27. The van der Waals surface area contributed by atoms with E-state index in [2.05, 4.69) is 0 Å². The maximum atomic E-state index is 12.5. The normalized spacial score (nSPS) is 24.0. The molecule has 4 N–H and O–H groups in total. The first-order valence-electron chi connectivity index (χ1n) is 6.07. The number of nitrogen functional groups attached to an aromatic ring is 1. The standard InChI is InChI=1S/C12H18N2O5S/c1-7-3-11(19-2)12(4-8(7)13)20(17,18)14-5-9(15)10(16)6-14/h3-4,9-10,15-16H,5-6,13H2,1-2H3. The number of hydrogen-bond donors (Lipinski definition) is 3. The van der Waals surface area contributed by atoms with E-state index >= 15 is 0 Å². The first-order valence-corrected chi connectivity index (χ1v) is 7.51. The van der Waals surface area contributed by atoms with Gasteiger partial charge in [-0.2, -0.15) is 4.31 Å². The first kappa shape index (κ1) is 15.0. The summed E-state index contributed by atoms with van der Waals surface area (Å²) in [4.78, 5) is -0.0654. The average Bonchev–Trinajstić information content (AvgIpc) is 2.73. The van der Waals surface area contributed by atoms with Gasteiger partial charge >= 0.3 is 0 Å². The SMILES string of the molecule is COc1cc(C)c(N)cc1S(=O)(=O)N1CC(O)C(O)C1. The summed E-state index contributed by atoms with van der Waals surface area (Å²) in [5.74, 6) is 0.188. The van der Waals surface area contributed by atoms with Crippen molar-refractivity contribution in [3.8, 4) is 5.75 Å². The molecule has 1 heterocycles. The molecule has 0 aliphatic carbocycles. The number of nitrogens with two attached hydrogens (primary N) is 1. The van der Waals surface area contributed by atoms with E-state index in [9.17, 15) is 18.6 Å². The molecule has 0 aromatic heterocycles. The lowest BCUT2D eigenvalue weighted by atomic mass is 10.2. The number of aliphatic hydroxyl groups is 2. The lowest BCUT2D eigenvalue weighted by molar-refractivity contribution is 0.0572. The number of methoxy groups -OCH3 is 1. The molecule has 112 valence electrons. The van der Waals surface area contributed by atoms with Gasteiger partial charge in [-0.25, -0.2) is 8.42 Å². The van der Waals surface area contributed by atoms with Crippen molar-refractivity contribution in [3.05, 3.63) is 17.7 Å². The van der Waals surface area contributed by atoms with Crippen LogP contribution in [0.4, 0.5) is 5.69 Å². The quantitative estimate of drug-likeness (QED) is 0.637. The summed E-state index contributed by atoms with van der Waals surface area (Å²) in [6, 6.07) is 2.88. The van der Waals surface area contributed by atoms with Gasteiger partial charge in [0.15, 0.2) is 0 Å². The van der Waals surface area contributed by atoms with E-state index in [1.807, 2.05) is 0 Å². The van der Waals surface area contributed by atoms with E-state index < -0.39 is 22.2 Å². The molecule has 1 fully saturated rings. The second kappa shape index (κ2) is 5.21. The molecule has 8 heteroatoms. The molecule has 0 spiro atoms. The minimum Gasteiger partial charge on any atom is -0.495 e. The Kier molecular flexibility index (Phi) is 3.92. The van der Waals surface area contributed by atoms with Gasteiger partial charge in [-0.15, -0.1) is 0 Å². The molecule has 0 amide bonds. The number of aliphatic hydroxyl groups excluding tert-OH is 2. The highest BCUT2D eigenvalue weighted by atomic mass is 32.2. The number of sulfonamides is 1. The lowest BCUT2D eigenvalue weighted by Gasteiger charge is -2.18. The highest BCUT2D eigenvalue weighted by Gasteiger charge is 2.38. The van der Waals surface area contributed by atoms with Gasteiger partial charge < -0.3 is 20.7 Å². The van der Waals surface area contributed by atoms with Crippen molar-refractivity contribution >= 4 is 15.7 Å². The highest BCUT2D eigenvalue weighted by molar-refractivity contribution is 7.89. The molecular weight excluding hydrogens is 284 g/mol. The number of hydrogen-bond acceptors (Lipinski definition) is 6. The van der Waals surface area contributed by atoms with Gasteiger partial charge in [-0.3, -0.25) is 0 Å². The molecule has 0 bridgehead atoms. The zero-order valence-corrected chi connectivity index (χ0v) is 12.1. The fraction of sp³-hybridized carbons (Fsp3) is 0.500. The Morgan fingerprint density at radius 3 is 2.35 bits per heavy atom. The van der Waals surface area contributed by atoms with Gasteiger partial charge in [0.1, 0.15) is 10.6 Å². The number of ether oxygens (including phenoxy) is 1. The number of benzene rings is 1.